The number of thioether (sulfide) groups is 1. The molecular formula is C17H15BrF5N3O3S2. The van der Waals surface area contributed by atoms with Crippen molar-refractivity contribution in [3.05, 3.63) is 46.2 Å². The molecule has 31 heavy (non-hydrogen) atoms. The quantitative estimate of drug-likeness (QED) is 0.437. The zero-order valence-electron chi connectivity index (χ0n) is 15.9. The first kappa shape index (κ1) is 24.0. The summed E-state index contributed by atoms with van der Waals surface area (Å²) >= 11 is 3.40. The van der Waals surface area contributed by atoms with Crippen molar-refractivity contribution < 1.29 is 35.2 Å². The monoisotopic (exact) mass is 547 g/mol. The Morgan fingerprint density at radius 2 is 1.94 bits per heavy atom. The lowest BCUT2D eigenvalue weighted by molar-refractivity contribution is -0.142. The largest absolute Gasteiger partial charge is 0.402 e. The number of carbonyl (C=O) groups is 1. The number of anilines is 1. The fourth-order valence-electron chi connectivity index (χ4n) is 3.05. The topological polar surface area (TPSA) is 80.2 Å². The average Bonchev–Trinajstić information content (AvgIpc) is 2.99. The molecule has 1 amide bonds. The first-order valence-corrected chi connectivity index (χ1v) is 11.8. The van der Waals surface area contributed by atoms with Gasteiger partial charge in [0.25, 0.3) is 5.91 Å². The molecule has 170 valence electrons. The molecule has 1 fully saturated rings. The molecule has 2 heterocycles. The van der Waals surface area contributed by atoms with Gasteiger partial charge >= 0.3 is 6.18 Å². The molecule has 0 bridgehead atoms. The molecule has 2 aromatic rings. The summed E-state index contributed by atoms with van der Waals surface area (Å²) in [5.41, 5.74) is -1.98. The molecule has 2 atom stereocenters. The highest BCUT2D eigenvalue weighted by molar-refractivity contribution is 9.10. The van der Waals surface area contributed by atoms with Crippen molar-refractivity contribution in [2.45, 2.75) is 28.8 Å². The molecule has 0 spiro atoms. The van der Waals surface area contributed by atoms with Crippen molar-refractivity contribution in [2.24, 2.45) is 7.05 Å². The Kier molecular flexibility index (Phi) is 6.23. The summed E-state index contributed by atoms with van der Waals surface area (Å²) in [6.07, 6.45) is -3.52. The zero-order chi connectivity index (χ0) is 23.4. The number of nitrogens with zero attached hydrogens (tertiary/aromatic N) is 1. The molecule has 0 aliphatic carbocycles. The summed E-state index contributed by atoms with van der Waals surface area (Å²) < 4.78 is 94.4. The Balaban J connectivity index is 1.82. The van der Waals surface area contributed by atoms with Crippen LogP contribution < -0.4 is 10.0 Å². The van der Waals surface area contributed by atoms with Gasteiger partial charge in [-0.2, -0.15) is 13.2 Å². The standard InChI is InChI=1S/C17H15BrF5N3O3S2/c1-16(7-30-15(16)17(21,22)23)25-31(28,29)9-5-12(26(2)6-9)14(27)24-8-3-10(18)13(20)11(19)4-8/h3-6,15,25H,7H2,1-2H3,(H,24,27)/t15?,16-/m1/s1. The van der Waals surface area contributed by atoms with Crippen LogP contribution in [-0.2, 0) is 17.1 Å². The van der Waals surface area contributed by atoms with Gasteiger partial charge in [-0.25, -0.2) is 21.9 Å². The molecule has 1 saturated heterocycles. The number of amides is 1. The summed E-state index contributed by atoms with van der Waals surface area (Å²) in [6, 6.07) is 2.84. The van der Waals surface area contributed by atoms with Crippen molar-refractivity contribution in [3.8, 4) is 0 Å². The van der Waals surface area contributed by atoms with Crippen LogP contribution in [0.4, 0.5) is 27.6 Å². The summed E-state index contributed by atoms with van der Waals surface area (Å²) in [7, 11) is -3.02. The van der Waals surface area contributed by atoms with E-state index >= 15 is 0 Å². The van der Waals surface area contributed by atoms with Gasteiger partial charge in [0.05, 0.1) is 10.0 Å². The maximum atomic E-state index is 13.5. The predicted molar refractivity (Wildman–Crippen MR) is 108 cm³/mol. The van der Waals surface area contributed by atoms with E-state index in [1.165, 1.54) is 7.05 Å². The molecule has 1 unspecified atom stereocenters. The molecule has 1 aliphatic heterocycles. The molecule has 0 saturated carbocycles. The minimum Gasteiger partial charge on any atom is -0.345 e. The van der Waals surface area contributed by atoms with E-state index in [9.17, 15) is 35.2 Å². The van der Waals surface area contributed by atoms with Gasteiger partial charge in [-0.1, -0.05) is 0 Å². The van der Waals surface area contributed by atoms with Crippen molar-refractivity contribution in [3.63, 3.8) is 0 Å². The zero-order valence-corrected chi connectivity index (χ0v) is 19.1. The van der Waals surface area contributed by atoms with Crippen LogP contribution in [0.2, 0.25) is 0 Å². The van der Waals surface area contributed by atoms with Crippen molar-refractivity contribution >= 4 is 49.3 Å². The van der Waals surface area contributed by atoms with E-state index < -0.39 is 49.4 Å². The molecule has 2 N–H and O–H groups in total. The number of nitrogens with one attached hydrogen (secondary N) is 2. The third-order valence-corrected chi connectivity index (χ3v) is 8.60. The maximum absolute atomic E-state index is 13.5. The molecule has 1 aliphatic rings. The average molecular weight is 548 g/mol. The number of sulfonamides is 1. The van der Waals surface area contributed by atoms with Crippen LogP contribution in [0.1, 0.15) is 17.4 Å². The van der Waals surface area contributed by atoms with Gasteiger partial charge in [-0.15, -0.1) is 11.8 Å². The third kappa shape index (κ3) is 4.76. The second kappa shape index (κ2) is 8.05. The van der Waals surface area contributed by atoms with Gasteiger partial charge in [0.1, 0.15) is 15.8 Å². The van der Waals surface area contributed by atoms with Crippen LogP contribution in [-0.4, -0.2) is 41.6 Å². The number of aromatic nitrogens is 1. The molecular weight excluding hydrogens is 533 g/mol. The molecule has 6 nitrogen and oxygen atoms in total. The van der Waals surface area contributed by atoms with Crippen LogP contribution >= 0.6 is 27.7 Å². The Hall–Kier alpha value is -1.64. The fraction of sp³-hybridized carbons (Fsp3) is 0.353. The Morgan fingerprint density at radius 3 is 2.45 bits per heavy atom. The number of hydrogen-bond acceptors (Lipinski definition) is 4. The van der Waals surface area contributed by atoms with Gasteiger partial charge < -0.3 is 9.88 Å². The Bertz CT molecular complexity index is 1130. The SMILES string of the molecule is Cn1cc(S(=O)(=O)N[C@]2(C)CSC2C(F)(F)F)cc1C(=O)Nc1cc(F)c(F)c(Br)c1. The highest BCUT2D eigenvalue weighted by atomic mass is 79.9. The van der Waals surface area contributed by atoms with Crippen molar-refractivity contribution in [1.29, 1.82) is 0 Å². The number of carbonyl (C=O) groups excluding carboxylic acids is 1. The summed E-state index contributed by atoms with van der Waals surface area (Å²) in [4.78, 5) is 12.1. The lowest BCUT2D eigenvalue weighted by atomic mass is 10.00. The number of benzene rings is 1. The van der Waals surface area contributed by atoms with Crippen LogP contribution in [0.5, 0.6) is 0 Å². The van der Waals surface area contributed by atoms with Crippen molar-refractivity contribution in [1.82, 2.24) is 9.29 Å². The third-order valence-electron chi connectivity index (χ3n) is 4.56. The first-order valence-electron chi connectivity index (χ1n) is 8.48. The van der Waals surface area contributed by atoms with E-state index in [4.69, 9.17) is 0 Å². The maximum Gasteiger partial charge on any atom is 0.402 e. The van der Waals surface area contributed by atoms with E-state index in [0.29, 0.717) is 11.8 Å². The number of hydrogen-bond donors (Lipinski definition) is 2. The second-order valence-corrected chi connectivity index (χ2v) is 10.8. The number of halogens is 6. The Labute approximate surface area is 186 Å². The molecule has 1 aromatic heterocycles. The highest BCUT2D eigenvalue weighted by Crippen LogP contribution is 2.48. The van der Waals surface area contributed by atoms with E-state index in [1.54, 1.807) is 0 Å². The van der Waals surface area contributed by atoms with Crippen LogP contribution in [0, 0.1) is 11.6 Å². The van der Waals surface area contributed by atoms with Crippen LogP contribution in [0.15, 0.2) is 33.8 Å². The number of aryl methyl sites for hydroxylation is 1. The van der Waals surface area contributed by atoms with Gasteiger partial charge in [-0.05, 0) is 35.0 Å². The Morgan fingerprint density at radius 1 is 1.29 bits per heavy atom. The van der Waals surface area contributed by atoms with Crippen LogP contribution in [0.25, 0.3) is 0 Å². The fourth-order valence-corrected chi connectivity index (χ4v) is 6.29. The summed E-state index contributed by atoms with van der Waals surface area (Å²) in [5.74, 6) is -3.26. The minimum absolute atomic E-state index is 0.0679. The molecule has 3 rings (SSSR count). The normalized spacial score (nSPS) is 21.6. The van der Waals surface area contributed by atoms with Crippen molar-refractivity contribution in [2.75, 3.05) is 11.1 Å². The lowest BCUT2D eigenvalue weighted by Gasteiger charge is -2.46. The summed E-state index contributed by atoms with van der Waals surface area (Å²) in [5, 5.41) is 0.411. The molecule has 1 aromatic carbocycles. The van der Waals surface area contributed by atoms with E-state index in [2.05, 4.69) is 26.0 Å². The van der Waals surface area contributed by atoms with E-state index in [0.717, 1.165) is 35.9 Å². The van der Waals surface area contributed by atoms with Crippen LogP contribution in [0.3, 0.4) is 0 Å². The van der Waals surface area contributed by atoms with Gasteiger partial charge in [-0.3, -0.25) is 4.79 Å². The predicted octanol–water partition coefficient (Wildman–Crippen LogP) is 4.03. The highest BCUT2D eigenvalue weighted by Gasteiger charge is 2.59. The number of alkyl halides is 3. The second-order valence-electron chi connectivity index (χ2n) is 7.14. The molecule has 0 radical (unpaired) electrons. The van der Waals surface area contributed by atoms with Gasteiger partial charge in [0, 0.05) is 30.8 Å². The smallest absolute Gasteiger partial charge is 0.345 e. The van der Waals surface area contributed by atoms with Gasteiger partial charge in [0.2, 0.25) is 10.0 Å². The molecule has 14 heteroatoms. The number of rotatable bonds is 5. The summed E-state index contributed by atoms with van der Waals surface area (Å²) in [6.45, 7) is 1.16. The minimum atomic E-state index is -4.58. The van der Waals surface area contributed by atoms with Gasteiger partial charge in [0.15, 0.2) is 11.6 Å². The first-order chi connectivity index (χ1) is 14.1. The lowest BCUT2D eigenvalue weighted by Crippen LogP contribution is -2.66. The van der Waals surface area contributed by atoms with E-state index in [1.807, 2.05) is 0 Å². The van der Waals surface area contributed by atoms with E-state index in [-0.39, 0.29) is 21.6 Å².